The number of rotatable bonds is 5. The molecule has 0 bridgehead atoms. The molecule has 6 nitrogen and oxygen atoms in total. The van der Waals surface area contributed by atoms with Gasteiger partial charge in [0.15, 0.2) is 13.2 Å². The van der Waals surface area contributed by atoms with Crippen LogP contribution in [0.2, 0.25) is 10.0 Å². The van der Waals surface area contributed by atoms with Crippen molar-refractivity contribution in [1.29, 1.82) is 0 Å². The summed E-state index contributed by atoms with van der Waals surface area (Å²) in [7, 11) is 0. The molecule has 0 radical (unpaired) electrons. The van der Waals surface area contributed by atoms with Crippen molar-refractivity contribution in [1.82, 2.24) is 14.8 Å². The summed E-state index contributed by atoms with van der Waals surface area (Å²) in [6, 6.07) is 12.6. The summed E-state index contributed by atoms with van der Waals surface area (Å²) in [5.41, 5.74) is 0.771. The summed E-state index contributed by atoms with van der Waals surface area (Å²) in [5.74, 6) is 0.396. The molecule has 2 atom stereocenters. The summed E-state index contributed by atoms with van der Waals surface area (Å²) in [5, 5.41) is 5.34. The molecule has 8 heteroatoms. The number of halogens is 2. The smallest absolute Gasteiger partial charge is 0.324 e. The Balaban J connectivity index is 1.62. The number of nitrogens with zero attached hydrogens (tertiary/aromatic N) is 3. The number of hydrogen-bond acceptors (Lipinski definition) is 4. The Morgan fingerprint density at radius 1 is 1.22 bits per heavy atom. The minimum atomic E-state index is -0.900. The lowest BCUT2D eigenvalue weighted by atomic mass is 10.1. The number of benzene rings is 2. The van der Waals surface area contributed by atoms with E-state index in [9.17, 15) is 0 Å². The highest BCUT2D eigenvalue weighted by atomic mass is 35.5. The first kappa shape index (κ1) is 18.3. The van der Waals surface area contributed by atoms with Crippen LogP contribution in [0.15, 0.2) is 55.1 Å². The van der Waals surface area contributed by atoms with Crippen LogP contribution in [-0.2, 0) is 17.1 Å². The van der Waals surface area contributed by atoms with Gasteiger partial charge in [-0.3, -0.25) is 4.74 Å². The maximum Gasteiger partial charge on any atom is 0.324 e. The second kappa shape index (κ2) is 7.48. The third kappa shape index (κ3) is 3.94. The van der Waals surface area contributed by atoms with Crippen LogP contribution >= 0.6 is 23.2 Å². The number of aliphatic hydroxyl groups is 2. The van der Waals surface area contributed by atoms with E-state index in [2.05, 4.69) is 10.1 Å². The van der Waals surface area contributed by atoms with Gasteiger partial charge in [0, 0.05) is 11.1 Å². The fourth-order valence-corrected chi connectivity index (χ4v) is 3.50. The van der Waals surface area contributed by atoms with Crippen LogP contribution in [0.25, 0.3) is 0 Å². The molecule has 2 heterocycles. The van der Waals surface area contributed by atoms with Crippen LogP contribution in [-0.4, -0.2) is 32.2 Å². The van der Waals surface area contributed by atoms with E-state index >= 15 is 0 Å². The van der Waals surface area contributed by atoms with Crippen molar-refractivity contribution >= 4 is 23.2 Å². The molecule has 1 saturated heterocycles. The van der Waals surface area contributed by atoms with Gasteiger partial charge in [0.2, 0.25) is 0 Å². The average Bonchev–Trinajstić information content (AvgIpc) is 3.28. The molecule has 27 heavy (non-hydrogen) atoms. The van der Waals surface area contributed by atoms with Gasteiger partial charge in [0.1, 0.15) is 30.3 Å². The number of aromatic nitrogens is 3. The zero-order valence-electron chi connectivity index (χ0n) is 14.5. The minimum absolute atomic E-state index is 0.00502. The fraction of sp³-hybridized carbons (Fsp3) is 0.263. The van der Waals surface area contributed by atoms with Gasteiger partial charge in [-0.2, -0.15) is 5.10 Å². The van der Waals surface area contributed by atoms with Crippen LogP contribution < -0.4 is 4.74 Å². The standard InChI is InChI=1S/C19H17Cl2N3O3/c1-13-9-25-19(27-13,10-24-12-22-11-23-24)17-7-6-16(8-18(17)21)26-15-4-2-14(20)3-5-15/h2-8,11-13H,9-10H2,1H3/p+1. The zero-order valence-corrected chi connectivity index (χ0v) is 16.1. The lowest BCUT2D eigenvalue weighted by Crippen LogP contribution is -2.36. The van der Waals surface area contributed by atoms with Gasteiger partial charge in [-0.1, -0.05) is 23.2 Å². The van der Waals surface area contributed by atoms with Crippen molar-refractivity contribution in [3.05, 3.63) is 70.7 Å². The average molecular weight is 407 g/mol. The topological polar surface area (TPSA) is 62.0 Å². The molecule has 1 fully saturated rings. The van der Waals surface area contributed by atoms with E-state index in [0.717, 1.165) is 5.56 Å². The normalized spacial score (nSPS) is 22.1. The molecule has 1 aromatic heterocycles. The molecular formula is C19H18Cl2N3O3+. The van der Waals surface area contributed by atoms with Gasteiger partial charge in [0.05, 0.1) is 10.6 Å². The first-order chi connectivity index (χ1) is 13.0. The number of ether oxygens (including phenoxy) is 3. The molecule has 4 rings (SSSR count). The Labute approximate surface area is 166 Å². The third-order valence-corrected chi connectivity index (χ3v) is 4.82. The maximum atomic E-state index is 6.59. The Kier molecular flexibility index (Phi) is 5.06. The second-order valence-electron chi connectivity index (χ2n) is 6.34. The summed E-state index contributed by atoms with van der Waals surface area (Å²) >= 11 is 12.5. The second-order valence-corrected chi connectivity index (χ2v) is 7.19. The molecule has 1 aliphatic heterocycles. The first-order valence-electron chi connectivity index (χ1n) is 8.46. The predicted octanol–water partition coefficient (Wildman–Crippen LogP) is 4.18. The molecule has 0 aliphatic carbocycles. The Bertz CT molecular complexity index is 918. The molecule has 1 N–H and O–H groups in total. The van der Waals surface area contributed by atoms with E-state index < -0.39 is 5.79 Å². The summed E-state index contributed by atoms with van der Waals surface area (Å²) in [4.78, 5) is 3.99. The van der Waals surface area contributed by atoms with E-state index in [0.29, 0.717) is 34.7 Å². The van der Waals surface area contributed by atoms with Gasteiger partial charge in [0.25, 0.3) is 0 Å². The predicted molar refractivity (Wildman–Crippen MR) is 102 cm³/mol. The van der Waals surface area contributed by atoms with Crippen LogP contribution in [0, 0.1) is 0 Å². The summed E-state index contributed by atoms with van der Waals surface area (Å²) in [6.07, 6.45) is 3.11. The quantitative estimate of drug-likeness (QED) is 0.596. The molecule has 2 aromatic carbocycles. The summed E-state index contributed by atoms with van der Waals surface area (Å²) < 4.78 is 18.4. The Morgan fingerprint density at radius 2 is 2.00 bits per heavy atom. The van der Waals surface area contributed by atoms with Crippen LogP contribution in [0.1, 0.15) is 12.5 Å². The van der Waals surface area contributed by atoms with Crippen molar-refractivity contribution in [2.24, 2.45) is 0 Å². The molecule has 3 aromatic rings. The van der Waals surface area contributed by atoms with Crippen molar-refractivity contribution in [3.63, 3.8) is 0 Å². The van der Waals surface area contributed by atoms with Crippen LogP contribution in [0.5, 0.6) is 11.5 Å². The Hall–Kier alpha value is -2.12. The van der Waals surface area contributed by atoms with Crippen LogP contribution in [0.3, 0.4) is 0 Å². The van der Waals surface area contributed by atoms with Gasteiger partial charge in [-0.15, -0.1) is 0 Å². The lowest BCUT2D eigenvalue weighted by molar-refractivity contribution is -0.270. The first-order valence-corrected chi connectivity index (χ1v) is 9.22. The number of hydrogen-bond donors (Lipinski definition) is 0. The van der Waals surface area contributed by atoms with E-state index in [4.69, 9.17) is 37.4 Å². The largest absolute Gasteiger partial charge is 0.457 e. The monoisotopic (exact) mass is 406 g/mol. The van der Waals surface area contributed by atoms with Crippen molar-refractivity contribution in [2.45, 2.75) is 25.4 Å². The van der Waals surface area contributed by atoms with Gasteiger partial charge >= 0.3 is 5.79 Å². The Morgan fingerprint density at radius 3 is 2.63 bits per heavy atom. The van der Waals surface area contributed by atoms with Gasteiger partial charge < -0.3 is 9.47 Å². The van der Waals surface area contributed by atoms with Gasteiger partial charge in [-0.05, 0) is 43.3 Å². The molecule has 0 spiro atoms. The van der Waals surface area contributed by atoms with Crippen molar-refractivity contribution in [3.8, 4) is 11.5 Å². The van der Waals surface area contributed by atoms with E-state index in [1.807, 2.05) is 19.1 Å². The molecule has 0 saturated carbocycles. The highest BCUT2D eigenvalue weighted by Crippen LogP contribution is 2.39. The highest BCUT2D eigenvalue weighted by Gasteiger charge is 2.49. The van der Waals surface area contributed by atoms with Crippen molar-refractivity contribution < 1.29 is 14.2 Å². The maximum absolute atomic E-state index is 6.59. The molecule has 1 aliphatic rings. The molecular weight excluding hydrogens is 389 g/mol. The fourth-order valence-electron chi connectivity index (χ4n) is 3.05. The minimum Gasteiger partial charge on any atom is -0.457 e. The van der Waals surface area contributed by atoms with Crippen molar-refractivity contribution in [2.75, 3.05) is 6.61 Å². The van der Waals surface area contributed by atoms with E-state index in [-0.39, 0.29) is 6.10 Å². The van der Waals surface area contributed by atoms with E-state index in [1.54, 1.807) is 41.3 Å². The summed E-state index contributed by atoms with van der Waals surface area (Å²) in [6.45, 7) is 2.97. The molecule has 2 unspecified atom stereocenters. The van der Waals surface area contributed by atoms with Crippen LogP contribution in [0.4, 0.5) is 0 Å². The van der Waals surface area contributed by atoms with Gasteiger partial charge in [-0.25, -0.2) is 9.67 Å². The molecule has 0 amide bonds. The lowest BCUT2D eigenvalue weighted by Gasteiger charge is -2.24. The third-order valence-electron chi connectivity index (χ3n) is 4.25. The highest BCUT2D eigenvalue weighted by molar-refractivity contribution is 6.31. The SMILES string of the molecule is CC1C[OH+]C(Cn2cncn2)(c2ccc(Oc3ccc(Cl)cc3)cc2Cl)O1. The zero-order chi connectivity index (χ0) is 18.9. The van der Waals surface area contributed by atoms with E-state index in [1.165, 1.54) is 6.33 Å². The molecule has 140 valence electrons.